The Labute approximate surface area is 292 Å². The minimum atomic E-state index is 0.953. The zero-order valence-electron chi connectivity index (χ0n) is 27.4. The molecule has 9 aromatic rings. The first-order valence-corrected chi connectivity index (χ1v) is 17.0. The van der Waals surface area contributed by atoms with E-state index < -0.39 is 0 Å². The molecule has 2 heterocycles. The fourth-order valence-corrected chi connectivity index (χ4v) is 7.15. The van der Waals surface area contributed by atoms with E-state index in [4.69, 9.17) is 4.98 Å². The molecule has 0 aliphatic carbocycles. The van der Waals surface area contributed by atoms with Crippen LogP contribution in [0.15, 0.2) is 194 Å². The Kier molecular flexibility index (Phi) is 7.53. The molecule has 0 aliphatic heterocycles. The number of hydrogen-bond acceptors (Lipinski definition) is 2. The molecule has 0 radical (unpaired) electrons. The molecule has 50 heavy (non-hydrogen) atoms. The summed E-state index contributed by atoms with van der Waals surface area (Å²) in [6.45, 7) is 0. The first-order chi connectivity index (χ1) is 24.8. The maximum Gasteiger partial charge on any atom is 0.0715 e. The van der Waals surface area contributed by atoms with Gasteiger partial charge in [0.1, 0.15) is 0 Å². The van der Waals surface area contributed by atoms with Crippen LogP contribution in [0.25, 0.3) is 88.6 Å². The quantitative estimate of drug-likeness (QED) is 0.170. The standard InChI is InChI=1S/C48H32N2/c1-4-13-33(14-5-1)40-30-45(35-15-6-2-7-16-35)50-46(31-40)36-24-22-34(23-25-36)38-26-27-42-41-20-10-11-21-43(41)48(39-19-12-28-49-32-39)47(44(42)29-38)37-17-8-3-9-18-37/h1-32H. The third-order valence-corrected chi connectivity index (χ3v) is 9.55. The molecule has 2 nitrogen and oxygen atoms in total. The molecule has 0 N–H and O–H groups in total. The predicted molar refractivity (Wildman–Crippen MR) is 210 cm³/mol. The van der Waals surface area contributed by atoms with Crippen LogP contribution in [0.2, 0.25) is 0 Å². The Bertz CT molecular complexity index is 2540. The van der Waals surface area contributed by atoms with Crippen LogP contribution in [0.4, 0.5) is 0 Å². The summed E-state index contributed by atoms with van der Waals surface area (Å²) in [5.74, 6) is 0. The molecule has 2 heteroatoms. The average Bonchev–Trinajstić information content (AvgIpc) is 3.21. The summed E-state index contributed by atoms with van der Waals surface area (Å²) < 4.78 is 0. The van der Waals surface area contributed by atoms with Gasteiger partial charge in [-0.25, -0.2) is 4.98 Å². The van der Waals surface area contributed by atoms with E-state index in [0.29, 0.717) is 0 Å². The first kappa shape index (κ1) is 29.5. The minimum absolute atomic E-state index is 0.953. The highest BCUT2D eigenvalue weighted by Crippen LogP contribution is 2.45. The first-order valence-electron chi connectivity index (χ1n) is 17.0. The normalized spacial score (nSPS) is 11.2. The zero-order chi connectivity index (χ0) is 33.3. The van der Waals surface area contributed by atoms with Crippen molar-refractivity contribution in [2.24, 2.45) is 0 Å². The fraction of sp³-hybridized carbons (Fsp3) is 0. The summed E-state index contributed by atoms with van der Waals surface area (Å²) in [5, 5.41) is 4.92. The van der Waals surface area contributed by atoms with Crippen molar-refractivity contribution < 1.29 is 0 Å². The van der Waals surface area contributed by atoms with Crippen LogP contribution in [-0.4, -0.2) is 9.97 Å². The number of hydrogen-bond donors (Lipinski definition) is 0. The molecule has 0 saturated carbocycles. The van der Waals surface area contributed by atoms with Gasteiger partial charge in [0.2, 0.25) is 0 Å². The van der Waals surface area contributed by atoms with Gasteiger partial charge < -0.3 is 0 Å². The molecule has 0 unspecified atom stereocenters. The van der Waals surface area contributed by atoms with Gasteiger partial charge in [0.25, 0.3) is 0 Å². The monoisotopic (exact) mass is 636 g/mol. The van der Waals surface area contributed by atoms with Crippen molar-refractivity contribution in [2.45, 2.75) is 0 Å². The summed E-state index contributed by atoms with van der Waals surface area (Å²) in [7, 11) is 0. The van der Waals surface area contributed by atoms with E-state index in [1.54, 1.807) is 0 Å². The van der Waals surface area contributed by atoms with Crippen LogP contribution in [-0.2, 0) is 0 Å². The van der Waals surface area contributed by atoms with Gasteiger partial charge in [0.15, 0.2) is 0 Å². The maximum absolute atomic E-state index is 5.15. The fourth-order valence-electron chi connectivity index (χ4n) is 7.15. The molecule has 0 aliphatic rings. The van der Waals surface area contributed by atoms with Crippen LogP contribution < -0.4 is 0 Å². The van der Waals surface area contributed by atoms with Crippen LogP contribution in [0.1, 0.15) is 0 Å². The molecule has 0 atom stereocenters. The lowest BCUT2D eigenvalue weighted by atomic mass is 9.84. The van der Waals surface area contributed by atoms with E-state index in [9.17, 15) is 0 Å². The average molecular weight is 637 g/mol. The van der Waals surface area contributed by atoms with Gasteiger partial charge in [-0.15, -0.1) is 0 Å². The van der Waals surface area contributed by atoms with Gasteiger partial charge >= 0.3 is 0 Å². The Morgan fingerprint density at radius 2 is 0.760 bits per heavy atom. The summed E-state index contributed by atoms with van der Waals surface area (Å²) in [6, 6.07) is 64.8. The van der Waals surface area contributed by atoms with E-state index >= 15 is 0 Å². The Balaban J connectivity index is 1.20. The van der Waals surface area contributed by atoms with Gasteiger partial charge in [-0.2, -0.15) is 0 Å². The minimum Gasteiger partial charge on any atom is -0.264 e. The Morgan fingerprint density at radius 3 is 1.42 bits per heavy atom. The SMILES string of the molecule is c1ccc(-c2cc(-c3ccccc3)nc(-c3ccc(-c4ccc5c(c4)c(-c4ccccc4)c(-c4cccnc4)c4ccccc45)cc3)c2)cc1. The highest BCUT2D eigenvalue weighted by Gasteiger charge is 2.18. The van der Waals surface area contributed by atoms with Crippen molar-refractivity contribution in [3.63, 3.8) is 0 Å². The van der Waals surface area contributed by atoms with Gasteiger partial charge in [-0.3, -0.25) is 4.98 Å². The molecule has 0 saturated heterocycles. The lowest BCUT2D eigenvalue weighted by Crippen LogP contribution is -1.93. The molecule has 7 aromatic carbocycles. The molecule has 0 spiro atoms. The molecule has 2 aromatic heterocycles. The largest absolute Gasteiger partial charge is 0.264 e. The van der Waals surface area contributed by atoms with E-state index in [2.05, 4.69) is 175 Å². The highest BCUT2D eigenvalue weighted by atomic mass is 14.7. The van der Waals surface area contributed by atoms with E-state index in [0.717, 1.165) is 39.2 Å². The topological polar surface area (TPSA) is 25.8 Å². The van der Waals surface area contributed by atoms with Gasteiger partial charge in [-0.1, -0.05) is 158 Å². The van der Waals surface area contributed by atoms with E-state index in [1.807, 2.05) is 24.5 Å². The molecule has 0 amide bonds. The highest BCUT2D eigenvalue weighted by molar-refractivity contribution is 6.22. The second-order valence-corrected chi connectivity index (χ2v) is 12.6. The second kappa shape index (κ2) is 12.8. The van der Waals surface area contributed by atoms with Crippen molar-refractivity contribution in [1.29, 1.82) is 0 Å². The third kappa shape index (κ3) is 5.43. The Hall–Kier alpha value is -6.64. The lowest BCUT2D eigenvalue weighted by Gasteiger charge is -2.19. The van der Waals surface area contributed by atoms with Crippen molar-refractivity contribution in [3.05, 3.63) is 194 Å². The number of benzene rings is 7. The molecule has 0 fully saturated rings. The number of rotatable bonds is 6. The molecule has 0 bridgehead atoms. The maximum atomic E-state index is 5.15. The smallest absolute Gasteiger partial charge is 0.0715 e. The second-order valence-electron chi connectivity index (χ2n) is 12.6. The number of fused-ring (bicyclic) bond motifs is 3. The summed E-state index contributed by atoms with van der Waals surface area (Å²) in [4.78, 5) is 9.67. The van der Waals surface area contributed by atoms with Crippen LogP contribution in [0.3, 0.4) is 0 Å². The summed E-state index contributed by atoms with van der Waals surface area (Å²) in [6.07, 6.45) is 3.82. The Morgan fingerprint density at radius 1 is 0.280 bits per heavy atom. The van der Waals surface area contributed by atoms with Crippen molar-refractivity contribution >= 4 is 21.5 Å². The van der Waals surface area contributed by atoms with E-state index in [1.165, 1.54) is 49.4 Å². The van der Waals surface area contributed by atoms with Gasteiger partial charge in [-0.05, 0) is 84.8 Å². The predicted octanol–water partition coefficient (Wildman–Crippen LogP) is 12.8. The van der Waals surface area contributed by atoms with Crippen molar-refractivity contribution in [2.75, 3.05) is 0 Å². The summed E-state index contributed by atoms with van der Waals surface area (Å²) in [5.41, 5.74) is 13.5. The molecule has 9 rings (SSSR count). The molecule has 234 valence electrons. The number of pyridine rings is 2. The van der Waals surface area contributed by atoms with Gasteiger partial charge in [0, 0.05) is 29.1 Å². The number of aromatic nitrogens is 2. The zero-order valence-corrected chi connectivity index (χ0v) is 27.4. The van der Waals surface area contributed by atoms with E-state index in [-0.39, 0.29) is 0 Å². The molecular weight excluding hydrogens is 605 g/mol. The lowest BCUT2D eigenvalue weighted by molar-refractivity contribution is 1.32. The van der Waals surface area contributed by atoms with Gasteiger partial charge in [0.05, 0.1) is 11.4 Å². The summed E-state index contributed by atoms with van der Waals surface area (Å²) >= 11 is 0. The van der Waals surface area contributed by atoms with Crippen LogP contribution in [0, 0.1) is 0 Å². The van der Waals surface area contributed by atoms with Crippen LogP contribution >= 0.6 is 0 Å². The molecular formula is C48H32N2. The van der Waals surface area contributed by atoms with Crippen LogP contribution in [0.5, 0.6) is 0 Å². The third-order valence-electron chi connectivity index (χ3n) is 9.55. The van der Waals surface area contributed by atoms with Crippen molar-refractivity contribution in [1.82, 2.24) is 9.97 Å². The number of nitrogens with zero attached hydrogens (tertiary/aromatic N) is 2. The van der Waals surface area contributed by atoms with Crippen molar-refractivity contribution in [3.8, 4) is 67.0 Å².